The zero-order chi connectivity index (χ0) is 10.3. The summed E-state index contributed by atoms with van der Waals surface area (Å²) in [5.41, 5.74) is 0. The van der Waals surface area contributed by atoms with Crippen molar-refractivity contribution >= 4 is 0 Å². The van der Waals surface area contributed by atoms with Crippen LogP contribution in [0, 0.1) is 17.8 Å². The second-order valence-electron chi connectivity index (χ2n) is 4.83. The van der Waals surface area contributed by atoms with Crippen molar-refractivity contribution < 1.29 is 9.47 Å². The lowest BCUT2D eigenvalue weighted by Crippen LogP contribution is -2.42. The van der Waals surface area contributed by atoms with Crippen molar-refractivity contribution in [3.8, 4) is 0 Å². The second-order valence-corrected chi connectivity index (χ2v) is 4.83. The largest absolute Gasteiger partial charge is 0.359 e. The average Bonchev–Trinajstić information content (AvgIpc) is 2.94. The molecule has 1 heterocycles. The molecule has 3 nitrogen and oxygen atoms in total. The molecule has 2 fully saturated rings. The van der Waals surface area contributed by atoms with Gasteiger partial charge in [-0.1, -0.05) is 20.8 Å². The number of hydrogen-bond donors (Lipinski definition) is 1. The van der Waals surface area contributed by atoms with Gasteiger partial charge in [0.15, 0.2) is 0 Å². The Bertz CT molecular complexity index is 209. The third-order valence-electron chi connectivity index (χ3n) is 4.04. The number of hydrogen-bond acceptors (Lipinski definition) is 3. The molecule has 6 atom stereocenters. The highest BCUT2D eigenvalue weighted by molar-refractivity contribution is 5.11. The van der Waals surface area contributed by atoms with E-state index in [4.69, 9.17) is 9.47 Å². The number of methoxy groups -OCH3 is 1. The number of nitrogens with one attached hydrogen (secondary N) is 1. The van der Waals surface area contributed by atoms with Crippen LogP contribution in [0.5, 0.6) is 0 Å². The zero-order valence-corrected chi connectivity index (χ0v) is 9.49. The van der Waals surface area contributed by atoms with Gasteiger partial charge in [-0.15, -0.1) is 0 Å². The summed E-state index contributed by atoms with van der Waals surface area (Å²) in [5, 5.41) is 3.55. The van der Waals surface area contributed by atoms with Crippen LogP contribution in [0.1, 0.15) is 20.8 Å². The molecule has 0 bridgehead atoms. The molecule has 14 heavy (non-hydrogen) atoms. The molecule has 0 radical (unpaired) electrons. The Kier molecular flexibility index (Phi) is 2.82. The third-order valence-corrected chi connectivity index (χ3v) is 4.04. The van der Waals surface area contributed by atoms with Crippen LogP contribution in [0.2, 0.25) is 0 Å². The fraction of sp³-hybridized carbons (Fsp3) is 1.00. The van der Waals surface area contributed by atoms with Gasteiger partial charge in [0.1, 0.15) is 6.79 Å². The monoisotopic (exact) mass is 199 g/mol. The van der Waals surface area contributed by atoms with Crippen molar-refractivity contribution in [3.05, 3.63) is 0 Å². The summed E-state index contributed by atoms with van der Waals surface area (Å²) in [5.74, 6) is 1.95. The van der Waals surface area contributed by atoms with Crippen LogP contribution in [-0.2, 0) is 9.47 Å². The van der Waals surface area contributed by atoms with E-state index in [0.717, 1.165) is 12.0 Å². The van der Waals surface area contributed by atoms with Gasteiger partial charge in [0, 0.05) is 19.2 Å². The van der Waals surface area contributed by atoms with E-state index in [1.165, 1.54) is 0 Å². The number of ether oxygens (including phenoxy) is 2. The minimum absolute atomic E-state index is 0.348. The Labute approximate surface area is 86.2 Å². The van der Waals surface area contributed by atoms with E-state index in [1.54, 1.807) is 7.11 Å². The van der Waals surface area contributed by atoms with Gasteiger partial charge < -0.3 is 14.8 Å². The smallest absolute Gasteiger partial charge is 0.146 e. The van der Waals surface area contributed by atoms with Gasteiger partial charge in [0.05, 0.1) is 6.10 Å². The van der Waals surface area contributed by atoms with Crippen LogP contribution in [-0.4, -0.2) is 32.1 Å². The summed E-state index contributed by atoms with van der Waals surface area (Å²) in [6.45, 7) is 7.30. The molecule has 2 aliphatic rings. The van der Waals surface area contributed by atoms with Crippen molar-refractivity contribution in [2.24, 2.45) is 17.8 Å². The molecule has 3 heteroatoms. The Morgan fingerprint density at radius 2 is 1.64 bits per heavy atom. The SMILES string of the molecule is COCOC1C(C)C(C)[C@@H]2N[C@@H]2C1C. The van der Waals surface area contributed by atoms with E-state index in [2.05, 4.69) is 26.1 Å². The maximum absolute atomic E-state index is 5.76. The highest BCUT2D eigenvalue weighted by Gasteiger charge is 2.54. The normalized spacial score (nSPS) is 51.4. The quantitative estimate of drug-likeness (QED) is 0.549. The maximum atomic E-state index is 5.76. The van der Waals surface area contributed by atoms with E-state index in [-0.39, 0.29) is 0 Å². The highest BCUT2D eigenvalue weighted by atomic mass is 16.7. The summed E-state index contributed by atoms with van der Waals surface area (Å²) in [6, 6.07) is 1.42. The van der Waals surface area contributed by atoms with Gasteiger partial charge in [-0.05, 0) is 17.8 Å². The lowest BCUT2D eigenvalue weighted by molar-refractivity contribution is -0.121. The maximum Gasteiger partial charge on any atom is 0.146 e. The molecule has 82 valence electrons. The molecule has 0 aromatic heterocycles. The lowest BCUT2D eigenvalue weighted by atomic mass is 9.74. The van der Waals surface area contributed by atoms with Gasteiger partial charge in [-0.3, -0.25) is 0 Å². The standard InChI is InChI=1S/C11H21NO2/c1-6-7(2)11(14-5-13-4)8(3)10-9(6)12-10/h6-12H,5H2,1-4H3/t6?,7?,8?,9-,10+,11?/m0/s1. The molecule has 1 saturated carbocycles. The predicted octanol–water partition coefficient (Wildman–Crippen LogP) is 1.24. The molecule has 0 spiro atoms. The van der Waals surface area contributed by atoms with Gasteiger partial charge >= 0.3 is 0 Å². The average molecular weight is 199 g/mol. The zero-order valence-electron chi connectivity index (χ0n) is 9.49. The minimum Gasteiger partial charge on any atom is -0.359 e. The molecular formula is C11H21NO2. The van der Waals surface area contributed by atoms with Crippen LogP contribution < -0.4 is 5.32 Å². The first-order valence-corrected chi connectivity index (χ1v) is 5.53. The van der Waals surface area contributed by atoms with Gasteiger partial charge in [0.2, 0.25) is 0 Å². The van der Waals surface area contributed by atoms with E-state index in [0.29, 0.717) is 30.8 Å². The molecule has 0 aromatic carbocycles. The van der Waals surface area contributed by atoms with Gasteiger partial charge in [-0.2, -0.15) is 0 Å². The first-order chi connectivity index (χ1) is 6.66. The van der Waals surface area contributed by atoms with E-state index in [1.807, 2.05) is 0 Å². The van der Waals surface area contributed by atoms with Crippen molar-refractivity contribution in [1.29, 1.82) is 0 Å². The predicted molar refractivity (Wildman–Crippen MR) is 55.0 cm³/mol. The summed E-state index contributed by atoms with van der Waals surface area (Å²) in [7, 11) is 1.68. The van der Waals surface area contributed by atoms with Crippen molar-refractivity contribution in [1.82, 2.24) is 5.32 Å². The number of rotatable bonds is 3. The fourth-order valence-corrected chi connectivity index (χ4v) is 2.88. The van der Waals surface area contributed by atoms with Crippen LogP contribution in [0.25, 0.3) is 0 Å². The lowest BCUT2D eigenvalue weighted by Gasteiger charge is -2.36. The van der Waals surface area contributed by atoms with Crippen molar-refractivity contribution in [3.63, 3.8) is 0 Å². The first-order valence-electron chi connectivity index (χ1n) is 5.53. The van der Waals surface area contributed by atoms with Gasteiger partial charge in [-0.25, -0.2) is 0 Å². The molecule has 1 saturated heterocycles. The first kappa shape index (κ1) is 10.4. The topological polar surface area (TPSA) is 40.4 Å². The van der Waals surface area contributed by atoms with Crippen LogP contribution >= 0.6 is 0 Å². The number of fused-ring (bicyclic) bond motifs is 1. The molecule has 0 aromatic rings. The molecular weight excluding hydrogens is 178 g/mol. The van der Waals surface area contributed by atoms with Crippen LogP contribution in [0.15, 0.2) is 0 Å². The summed E-state index contributed by atoms with van der Waals surface area (Å²) >= 11 is 0. The molecule has 1 aliphatic heterocycles. The molecule has 2 rings (SSSR count). The van der Waals surface area contributed by atoms with Crippen LogP contribution in [0.3, 0.4) is 0 Å². The van der Waals surface area contributed by atoms with E-state index < -0.39 is 0 Å². The van der Waals surface area contributed by atoms with Crippen molar-refractivity contribution in [2.45, 2.75) is 39.0 Å². The summed E-state index contributed by atoms with van der Waals surface area (Å²) in [4.78, 5) is 0. The third kappa shape index (κ3) is 1.58. The Hall–Kier alpha value is -0.120. The van der Waals surface area contributed by atoms with Crippen molar-refractivity contribution in [2.75, 3.05) is 13.9 Å². The Morgan fingerprint density at radius 3 is 2.29 bits per heavy atom. The fourth-order valence-electron chi connectivity index (χ4n) is 2.88. The summed E-state index contributed by atoms with van der Waals surface area (Å²) < 4.78 is 10.7. The second kappa shape index (κ2) is 3.80. The van der Waals surface area contributed by atoms with Crippen LogP contribution in [0.4, 0.5) is 0 Å². The molecule has 1 N–H and O–H groups in total. The van der Waals surface area contributed by atoms with E-state index >= 15 is 0 Å². The molecule has 4 unspecified atom stereocenters. The Balaban J connectivity index is 1.98. The molecule has 0 amide bonds. The minimum atomic E-state index is 0.348. The highest BCUT2D eigenvalue weighted by Crippen LogP contribution is 2.42. The molecule has 1 aliphatic carbocycles. The summed E-state index contributed by atoms with van der Waals surface area (Å²) in [6.07, 6.45) is 0.348. The van der Waals surface area contributed by atoms with Gasteiger partial charge in [0.25, 0.3) is 0 Å². The Morgan fingerprint density at radius 1 is 1.00 bits per heavy atom. The van der Waals surface area contributed by atoms with E-state index in [9.17, 15) is 0 Å².